The van der Waals surface area contributed by atoms with Crippen LogP contribution in [0.3, 0.4) is 0 Å². The third kappa shape index (κ3) is 5.43. The van der Waals surface area contributed by atoms with Gasteiger partial charge in [-0.05, 0) is 34.6 Å². The minimum Gasteiger partial charge on any atom is -0.465 e. The molecule has 9 nitrogen and oxygen atoms in total. The van der Waals surface area contributed by atoms with E-state index in [1.165, 1.54) is 9.58 Å². The van der Waals surface area contributed by atoms with Gasteiger partial charge in [-0.3, -0.25) is 9.48 Å². The van der Waals surface area contributed by atoms with Crippen LogP contribution in [0.4, 0.5) is 13.6 Å². The Hall–Kier alpha value is -2.98. The number of fused-ring (bicyclic) bond motifs is 1. The largest absolute Gasteiger partial charge is 0.465 e. The molecule has 0 aliphatic carbocycles. The van der Waals surface area contributed by atoms with E-state index in [1.807, 2.05) is 0 Å². The van der Waals surface area contributed by atoms with Gasteiger partial charge in [-0.25, -0.2) is 18.4 Å². The predicted octanol–water partition coefficient (Wildman–Crippen LogP) is 2.89. The lowest BCUT2D eigenvalue weighted by Crippen LogP contribution is -2.43. The number of aromatic nitrogens is 2. The Balaban J connectivity index is 2.54. The van der Waals surface area contributed by atoms with Gasteiger partial charge in [0.15, 0.2) is 0 Å². The highest BCUT2D eigenvalue weighted by atomic mass is 19.3. The van der Waals surface area contributed by atoms with Gasteiger partial charge in [0.25, 0.3) is 12.3 Å². The molecule has 1 aromatic heterocycles. The van der Waals surface area contributed by atoms with Crippen molar-refractivity contribution in [2.24, 2.45) is 0 Å². The monoisotopic (exact) mass is 456 g/mol. The number of ether oxygens (including phenoxy) is 1. The molecule has 0 spiro atoms. The summed E-state index contributed by atoms with van der Waals surface area (Å²) in [5.74, 6) is -1.56. The average Bonchev–Trinajstić information content (AvgIpc) is 3.04. The zero-order valence-electron chi connectivity index (χ0n) is 19.0. The number of carbonyl (C=O) groups is 3. The van der Waals surface area contributed by atoms with Crippen LogP contribution in [-0.2, 0) is 28.0 Å². The zero-order valence-corrected chi connectivity index (χ0v) is 19.0. The van der Waals surface area contributed by atoms with Crippen molar-refractivity contribution in [1.82, 2.24) is 19.6 Å². The molecule has 1 aliphatic heterocycles. The SMILES string of the molecule is C=C(CN(CC(F)F)C(=O)c1c2c(nn1C(C)(C)C)C[C@@H](C)N(C(=O)O)C2)C(=O)OCC. The molecule has 1 N–H and O–H groups in total. The topological polar surface area (TPSA) is 105 Å². The first-order valence-corrected chi connectivity index (χ1v) is 10.3. The summed E-state index contributed by atoms with van der Waals surface area (Å²) in [6, 6.07) is -0.355. The highest BCUT2D eigenvalue weighted by Gasteiger charge is 2.38. The van der Waals surface area contributed by atoms with Crippen LogP contribution in [-0.4, -0.2) is 74.8 Å². The summed E-state index contributed by atoms with van der Waals surface area (Å²) in [5.41, 5.74) is 0.134. The number of alkyl halides is 2. The van der Waals surface area contributed by atoms with Crippen LogP contribution >= 0.6 is 0 Å². The van der Waals surface area contributed by atoms with Crippen molar-refractivity contribution in [1.29, 1.82) is 0 Å². The molecule has 0 unspecified atom stereocenters. The van der Waals surface area contributed by atoms with Crippen LogP contribution in [0.2, 0.25) is 0 Å². The molecule has 0 bridgehead atoms. The molecular formula is C21H30F2N4O5. The van der Waals surface area contributed by atoms with Crippen LogP contribution in [0.1, 0.15) is 56.4 Å². The fraction of sp³-hybridized carbons (Fsp3) is 0.619. The second-order valence-electron chi connectivity index (χ2n) is 8.72. The Morgan fingerprint density at radius 1 is 1.34 bits per heavy atom. The van der Waals surface area contributed by atoms with Gasteiger partial charge in [0.05, 0.1) is 37.5 Å². The number of rotatable bonds is 7. The Kier molecular flexibility index (Phi) is 7.63. The molecule has 0 radical (unpaired) electrons. The van der Waals surface area contributed by atoms with E-state index in [4.69, 9.17) is 4.74 Å². The van der Waals surface area contributed by atoms with Gasteiger partial charge < -0.3 is 19.6 Å². The first-order valence-electron chi connectivity index (χ1n) is 10.3. The molecule has 11 heteroatoms. The van der Waals surface area contributed by atoms with E-state index in [0.29, 0.717) is 11.3 Å². The van der Waals surface area contributed by atoms with Crippen molar-refractivity contribution in [3.63, 3.8) is 0 Å². The summed E-state index contributed by atoms with van der Waals surface area (Å²) in [6.45, 7) is 10.9. The van der Waals surface area contributed by atoms with Gasteiger partial charge in [-0.15, -0.1) is 0 Å². The maximum absolute atomic E-state index is 13.5. The van der Waals surface area contributed by atoms with E-state index in [-0.39, 0.29) is 36.9 Å². The van der Waals surface area contributed by atoms with Gasteiger partial charge in [-0.2, -0.15) is 5.10 Å². The van der Waals surface area contributed by atoms with Crippen LogP contribution in [0.15, 0.2) is 12.2 Å². The quantitative estimate of drug-likeness (QED) is 0.500. The number of amides is 2. The number of nitrogens with zero attached hydrogens (tertiary/aromatic N) is 4. The van der Waals surface area contributed by atoms with Crippen molar-refractivity contribution in [2.45, 2.75) is 65.6 Å². The third-order valence-corrected chi connectivity index (χ3v) is 5.09. The van der Waals surface area contributed by atoms with Crippen LogP contribution < -0.4 is 0 Å². The molecule has 0 aromatic carbocycles. The molecule has 2 amide bonds. The molecule has 2 heterocycles. The summed E-state index contributed by atoms with van der Waals surface area (Å²) < 4.78 is 33.0. The molecule has 0 saturated heterocycles. The van der Waals surface area contributed by atoms with E-state index in [0.717, 1.165) is 4.90 Å². The second kappa shape index (κ2) is 9.66. The summed E-state index contributed by atoms with van der Waals surface area (Å²) in [5, 5.41) is 14.1. The van der Waals surface area contributed by atoms with Crippen LogP contribution in [0.25, 0.3) is 0 Å². The molecule has 178 valence electrons. The Bertz CT molecular complexity index is 907. The normalized spacial score (nSPS) is 16.0. The van der Waals surface area contributed by atoms with Gasteiger partial charge in [-0.1, -0.05) is 6.58 Å². The first kappa shape index (κ1) is 25.3. The molecular weight excluding hydrogens is 426 g/mol. The van der Waals surface area contributed by atoms with Crippen molar-refractivity contribution < 1.29 is 33.0 Å². The summed E-state index contributed by atoms with van der Waals surface area (Å²) in [4.78, 5) is 39.1. The lowest BCUT2D eigenvalue weighted by atomic mass is 9.99. The molecule has 32 heavy (non-hydrogen) atoms. The molecule has 1 atom stereocenters. The third-order valence-electron chi connectivity index (χ3n) is 5.09. The number of carboxylic acid groups (broad SMARTS) is 1. The smallest absolute Gasteiger partial charge is 0.407 e. The lowest BCUT2D eigenvalue weighted by Gasteiger charge is -2.31. The van der Waals surface area contributed by atoms with Crippen molar-refractivity contribution in [3.05, 3.63) is 29.1 Å². The van der Waals surface area contributed by atoms with E-state index in [1.54, 1.807) is 34.6 Å². The lowest BCUT2D eigenvalue weighted by molar-refractivity contribution is -0.138. The zero-order chi connectivity index (χ0) is 24.4. The van der Waals surface area contributed by atoms with E-state index >= 15 is 0 Å². The van der Waals surface area contributed by atoms with Crippen molar-refractivity contribution in [2.75, 3.05) is 19.7 Å². The molecule has 2 rings (SSSR count). The van der Waals surface area contributed by atoms with Crippen LogP contribution in [0.5, 0.6) is 0 Å². The standard InChI is InChI=1S/C21H30F2N4O5/c1-7-32-19(29)12(2)9-25(11-16(22)23)18(28)17-14-10-26(20(30)31)13(3)8-15(14)24-27(17)21(4,5)6/h13,16H,2,7-11H2,1,3-6H3,(H,30,31)/t13-/m1/s1. The summed E-state index contributed by atoms with van der Waals surface area (Å²) in [6.07, 6.45) is -3.72. The van der Waals surface area contributed by atoms with Gasteiger partial charge in [0, 0.05) is 23.6 Å². The second-order valence-corrected chi connectivity index (χ2v) is 8.72. The van der Waals surface area contributed by atoms with Gasteiger partial charge in [0.1, 0.15) is 5.69 Å². The van der Waals surface area contributed by atoms with Gasteiger partial charge >= 0.3 is 12.1 Å². The van der Waals surface area contributed by atoms with E-state index in [9.17, 15) is 28.3 Å². The highest BCUT2D eigenvalue weighted by molar-refractivity contribution is 5.96. The Morgan fingerprint density at radius 3 is 2.47 bits per heavy atom. The Morgan fingerprint density at radius 2 is 1.97 bits per heavy atom. The number of hydrogen-bond acceptors (Lipinski definition) is 5. The number of hydrogen-bond donors (Lipinski definition) is 1. The molecule has 1 aliphatic rings. The first-order chi connectivity index (χ1) is 14.8. The minimum atomic E-state index is -2.86. The fourth-order valence-electron chi connectivity index (χ4n) is 3.57. The number of halogens is 2. The minimum absolute atomic E-state index is 0.0305. The molecule has 1 aromatic rings. The predicted molar refractivity (Wildman–Crippen MR) is 112 cm³/mol. The fourth-order valence-corrected chi connectivity index (χ4v) is 3.57. The van der Waals surface area contributed by atoms with Gasteiger partial charge in [0.2, 0.25) is 0 Å². The number of esters is 1. The molecule has 0 saturated carbocycles. The maximum atomic E-state index is 13.5. The van der Waals surface area contributed by atoms with Crippen molar-refractivity contribution in [3.8, 4) is 0 Å². The van der Waals surface area contributed by atoms with E-state index < -0.39 is 43.0 Å². The number of carbonyl (C=O) groups excluding carboxylic acids is 2. The van der Waals surface area contributed by atoms with E-state index in [2.05, 4.69) is 11.7 Å². The summed E-state index contributed by atoms with van der Waals surface area (Å²) >= 11 is 0. The molecule has 0 fully saturated rings. The van der Waals surface area contributed by atoms with Crippen LogP contribution in [0, 0.1) is 0 Å². The van der Waals surface area contributed by atoms with Crippen molar-refractivity contribution >= 4 is 18.0 Å². The Labute approximate surface area is 185 Å². The maximum Gasteiger partial charge on any atom is 0.407 e. The summed E-state index contributed by atoms with van der Waals surface area (Å²) in [7, 11) is 0. The average molecular weight is 456 g/mol. The highest BCUT2D eigenvalue weighted by Crippen LogP contribution is 2.30.